The number of carbonyl (C=O) groups excluding carboxylic acids is 1. The first-order valence-corrected chi connectivity index (χ1v) is 15.0. The normalized spacial score (nSPS) is 25.2. The van der Waals surface area contributed by atoms with E-state index >= 15 is 0 Å². The van der Waals surface area contributed by atoms with Crippen LogP contribution in [0.2, 0.25) is 0 Å². The van der Waals surface area contributed by atoms with Crippen molar-refractivity contribution >= 4 is 29.4 Å². The van der Waals surface area contributed by atoms with E-state index in [1.54, 1.807) is 12.1 Å². The van der Waals surface area contributed by atoms with Crippen LogP contribution in [-0.2, 0) is 9.47 Å². The van der Waals surface area contributed by atoms with E-state index in [2.05, 4.69) is 31.2 Å². The Hall–Kier alpha value is -3.06. The minimum absolute atomic E-state index is 0.166. The summed E-state index contributed by atoms with van der Waals surface area (Å²) >= 11 is 0. The van der Waals surface area contributed by atoms with E-state index in [1.807, 2.05) is 12.1 Å². The Balaban J connectivity index is 1.17. The van der Waals surface area contributed by atoms with Gasteiger partial charge in [0.1, 0.15) is 0 Å². The molecule has 0 spiro atoms. The van der Waals surface area contributed by atoms with E-state index in [-0.39, 0.29) is 18.1 Å². The Labute approximate surface area is 241 Å². The zero-order valence-electron chi connectivity index (χ0n) is 23.7. The molecule has 1 aromatic heterocycles. The lowest BCUT2D eigenvalue weighted by molar-refractivity contribution is 0.0511. The molecule has 5 rings (SSSR count). The van der Waals surface area contributed by atoms with Gasteiger partial charge in [-0.3, -0.25) is 4.79 Å². The number of ether oxygens (including phenoxy) is 2. The van der Waals surface area contributed by atoms with Crippen molar-refractivity contribution < 1.29 is 19.4 Å². The number of aliphatic hydroxyl groups is 1. The third-order valence-corrected chi connectivity index (χ3v) is 8.29. The van der Waals surface area contributed by atoms with Crippen molar-refractivity contribution in [1.82, 2.24) is 20.3 Å². The molecule has 41 heavy (non-hydrogen) atoms. The van der Waals surface area contributed by atoms with Crippen LogP contribution in [0.15, 0.2) is 24.3 Å². The molecular weight excluding hydrogens is 524 g/mol. The fourth-order valence-corrected chi connectivity index (χ4v) is 6.13. The molecule has 3 fully saturated rings. The summed E-state index contributed by atoms with van der Waals surface area (Å²) in [5, 5.41) is 23.1. The summed E-state index contributed by atoms with van der Waals surface area (Å²) in [5.41, 5.74) is 6.70. The van der Waals surface area contributed by atoms with Crippen LogP contribution >= 0.6 is 0 Å². The first-order valence-electron chi connectivity index (χ1n) is 15.0. The van der Waals surface area contributed by atoms with E-state index in [1.165, 1.54) is 25.7 Å². The predicted octanol–water partition coefficient (Wildman–Crippen LogP) is 2.65. The Morgan fingerprint density at radius 1 is 0.854 bits per heavy atom. The van der Waals surface area contributed by atoms with E-state index in [0.29, 0.717) is 74.9 Å². The largest absolute Gasteiger partial charge is 0.393 e. The van der Waals surface area contributed by atoms with Crippen molar-refractivity contribution in [2.45, 2.75) is 69.6 Å². The number of aromatic nitrogens is 3. The van der Waals surface area contributed by atoms with Crippen LogP contribution in [0, 0.1) is 11.8 Å². The molecule has 12 nitrogen and oxygen atoms in total. The van der Waals surface area contributed by atoms with Crippen LogP contribution in [0.25, 0.3) is 0 Å². The highest BCUT2D eigenvalue weighted by molar-refractivity contribution is 5.94. The second kappa shape index (κ2) is 14.7. The number of nitrogens with zero attached hydrogens (tertiary/aromatic N) is 3. The first kappa shape index (κ1) is 29.4. The van der Waals surface area contributed by atoms with E-state index in [4.69, 9.17) is 20.2 Å². The number of hydrogen-bond acceptors (Lipinski definition) is 11. The van der Waals surface area contributed by atoms with Crippen LogP contribution < -0.4 is 27.0 Å². The van der Waals surface area contributed by atoms with Gasteiger partial charge >= 0.3 is 0 Å². The number of nitrogens with one attached hydrogen (secondary N) is 4. The zero-order valence-corrected chi connectivity index (χ0v) is 23.7. The molecule has 1 amide bonds. The Kier molecular flexibility index (Phi) is 10.6. The second-order valence-electron chi connectivity index (χ2n) is 11.4. The quantitative estimate of drug-likeness (QED) is 0.175. The van der Waals surface area contributed by atoms with Crippen LogP contribution in [0.4, 0.5) is 23.5 Å². The lowest BCUT2D eigenvalue weighted by atomic mass is 9.93. The summed E-state index contributed by atoms with van der Waals surface area (Å²) in [6.45, 7) is 2.78. The molecule has 2 bridgehead atoms. The van der Waals surface area contributed by atoms with Crippen LogP contribution in [-0.4, -0.2) is 83.7 Å². The topological polar surface area (TPSA) is 169 Å². The summed E-state index contributed by atoms with van der Waals surface area (Å²) < 4.78 is 10.7. The number of benzene rings is 1. The number of anilines is 4. The van der Waals surface area contributed by atoms with Crippen molar-refractivity contribution in [2.75, 3.05) is 55.5 Å². The highest BCUT2D eigenvalue weighted by Gasteiger charge is 2.39. The monoisotopic (exact) mass is 568 g/mol. The lowest BCUT2D eigenvalue weighted by Gasteiger charge is -2.27. The average molecular weight is 569 g/mol. The number of rotatable bonds is 15. The Morgan fingerprint density at radius 3 is 2.24 bits per heavy atom. The molecule has 0 radical (unpaired) electrons. The highest BCUT2D eigenvalue weighted by atomic mass is 16.5. The average Bonchev–Trinajstić information content (AvgIpc) is 3.59. The van der Waals surface area contributed by atoms with Crippen LogP contribution in [0.1, 0.15) is 61.7 Å². The van der Waals surface area contributed by atoms with E-state index in [9.17, 15) is 9.90 Å². The van der Waals surface area contributed by atoms with Gasteiger partial charge in [-0.2, -0.15) is 15.0 Å². The molecule has 3 saturated carbocycles. The van der Waals surface area contributed by atoms with Gasteiger partial charge in [0.05, 0.1) is 32.5 Å². The molecule has 0 saturated heterocycles. The summed E-state index contributed by atoms with van der Waals surface area (Å²) in [4.78, 5) is 26.6. The molecule has 1 heterocycles. The van der Waals surface area contributed by atoms with Gasteiger partial charge < -0.3 is 41.6 Å². The van der Waals surface area contributed by atoms with Gasteiger partial charge in [0.2, 0.25) is 17.8 Å². The van der Waals surface area contributed by atoms with Crippen LogP contribution in [0.5, 0.6) is 0 Å². The van der Waals surface area contributed by atoms with E-state index < -0.39 is 0 Å². The number of carbonyl (C=O) groups is 1. The minimum atomic E-state index is -0.219. The summed E-state index contributed by atoms with van der Waals surface area (Å²) in [7, 11) is 0. The zero-order chi connectivity index (χ0) is 28.4. The fraction of sp³-hybridized carbons (Fsp3) is 0.655. The summed E-state index contributed by atoms with van der Waals surface area (Å²) in [6.07, 6.45) is 8.16. The highest BCUT2D eigenvalue weighted by Crippen LogP contribution is 2.45. The van der Waals surface area contributed by atoms with Gasteiger partial charge in [-0.25, -0.2) is 0 Å². The first-order chi connectivity index (χ1) is 20.1. The number of fused-ring (bicyclic) bond motifs is 2. The lowest BCUT2D eigenvalue weighted by Crippen LogP contribution is -2.30. The standard InChI is InChI=1S/C29H44N8O4/c30-11-13-40-15-16-41-14-12-31-26(39)20-3-5-22(6-4-20)32-27-35-28(33-23-7-9-24(38)10-8-23)37-29(36-27)34-25-18-19-1-2-21(25)17-19/h3-6,19,21,23-25,38H,1-2,7-18,30H2,(H,31,39)(H3,32,33,34,35,36,37). The van der Waals surface area contributed by atoms with Gasteiger partial charge in [-0.1, -0.05) is 6.42 Å². The summed E-state index contributed by atoms with van der Waals surface area (Å²) in [5.74, 6) is 2.87. The number of nitrogens with two attached hydrogens (primary N) is 1. The molecule has 224 valence electrons. The Bertz CT molecular complexity index is 1110. The molecule has 3 unspecified atom stereocenters. The van der Waals surface area contributed by atoms with Gasteiger partial charge in [0.15, 0.2) is 0 Å². The third kappa shape index (κ3) is 8.71. The predicted molar refractivity (Wildman–Crippen MR) is 157 cm³/mol. The molecule has 1 aromatic carbocycles. The van der Waals surface area contributed by atoms with Crippen molar-refractivity contribution in [3.63, 3.8) is 0 Å². The number of aliphatic hydroxyl groups excluding tert-OH is 1. The smallest absolute Gasteiger partial charge is 0.251 e. The maximum absolute atomic E-state index is 12.5. The Morgan fingerprint density at radius 2 is 1.56 bits per heavy atom. The molecule has 3 aliphatic rings. The molecule has 12 heteroatoms. The molecule has 3 aliphatic carbocycles. The fourth-order valence-electron chi connectivity index (χ4n) is 6.13. The molecule has 7 N–H and O–H groups in total. The van der Waals surface area contributed by atoms with Gasteiger partial charge in [0.25, 0.3) is 5.91 Å². The maximum Gasteiger partial charge on any atom is 0.251 e. The number of amides is 1. The van der Waals surface area contributed by atoms with Crippen molar-refractivity contribution in [3.05, 3.63) is 29.8 Å². The third-order valence-electron chi connectivity index (χ3n) is 8.29. The van der Waals surface area contributed by atoms with Gasteiger partial charge in [-0.05, 0) is 81.0 Å². The number of hydrogen-bond donors (Lipinski definition) is 6. The second-order valence-corrected chi connectivity index (χ2v) is 11.4. The van der Waals surface area contributed by atoms with Gasteiger partial charge in [-0.15, -0.1) is 0 Å². The SMILES string of the molecule is NCCOCCOCCNC(=O)c1ccc(Nc2nc(NC3CCC(O)CC3)nc(NC3CC4CCC3C4)n2)cc1. The van der Waals surface area contributed by atoms with E-state index in [0.717, 1.165) is 37.3 Å². The molecule has 3 atom stereocenters. The molecule has 0 aliphatic heterocycles. The van der Waals surface area contributed by atoms with Crippen molar-refractivity contribution in [1.29, 1.82) is 0 Å². The minimum Gasteiger partial charge on any atom is -0.393 e. The van der Waals surface area contributed by atoms with Crippen molar-refractivity contribution in [3.8, 4) is 0 Å². The van der Waals surface area contributed by atoms with Gasteiger partial charge in [0, 0.05) is 36.4 Å². The molecular formula is C29H44N8O4. The molecule has 2 aromatic rings. The van der Waals surface area contributed by atoms with Crippen molar-refractivity contribution in [2.24, 2.45) is 17.6 Å². The van der Waals surface area contributed by atoms with Crippen LogP contribution in [0.3, 0.4) is 0 Å². The maximum atomic E-state index is 12.5. The summed E-state index contributed by atoms with van der Waals surface area (Å²) in [6, 6.07) is 7.82.